The Morgan fingerprint density at radius 2 is 2.14 bits per heavy atom. The van der Waals surface area contributed by atoms with E-state index in [1.54, 1.807) is 6.07 Å². The molecular weight excluding hydrogens is 272 g/mol. The van der Waals surface area contributed by atoms with Crippen molar-refractivity contribution in [2.24, 2.45) is 5.92 Å². The minimum Gasteiger partial charge on any atom is -0.379 e. The number of nitro groups is 1. The summed E-state index contributed by atoms with van der Waals surface area (Å²) in [5.41, 5.74) is 0.00846. The van der Waals surface area contributed by atoms with Gasteiger partial charge in [0.15, 0.2) is 0 Å². The van der Waals surface area contributed by atoms with Gasteiger partial charge in [0.05, 0.1) is 18.1 Å². The SMILES string of the molecule is CC(C)[C@H](CNc1ccc([N+](=O)[O-])cn1)N1CCOCC1. The molecule has 1 saturated heterocycles. The molecule has 0 saturated carbocycles. The second-order valence-corrected chi connectivity index (χ2v) is 5.50. The summed E-state index contributed by atoms with van der Waals surface area (Å²) in [6.07, 6.45) is 1.28. The van der Waals surface area contributed by atoms with Gasteiger partial charge in [0.1, 0.15) is 12.0 Å². The molecule has 0 amide bonds. The highest BCUT2D eigenvalue weighted by Gasteiger charge is 2.23. The molecule has 1 aliphatic heterocycles. The number of ether oxygens (including phenoxy) is 1. The van der Waals surface area contributed by atoms with Crippen molar-refractivity contribution in [1.82, 2.24) is 9.88 Å². The van der Waals surface area contributed by atoms with Gasteiger partial charge in [-0.15, -0.1) is 0 Å². The van der Waals surface area contributed by atoms with Gasteiger partial charge in [0.25, 0.3) is 5.69 Å². The van der Waals surface area contributed by atoms with E-state index >= 15 is 0 Å². The topological polar surface area (TPSA) is 80.5 Å². The quantitative estimate of drug-likeness (QED) is 0.636. The molecule has 0 aromatic carbocycles. The number of pyridine rings is 1. The molecule has 7 nitrogen and oxygen atoms in total. The average Bonchev–Trinajstić information content (AvgIpc) is 2.48. The van der Waals surface area contributed by atoms with Crippen molar-refractivity contribution in [3.05, 3.63) is 28.4 Å². The molecule has 0 spiro atoms. The van der Waals surface area contributed by atoms with E-state index in [4.69, 9.17) is 4.74 Å². The number of aromatic nitrogens is 1. The number of nitrogens with zero attached hydrogens (tertiary/aromatic N) is 3. The largest absolute Gasteiger partial charge is 0.379 e. The van der Waals surface area contributed by atoms with Crippen molar-refractivity contribution in [1.29, 1.82) is 0 Å². The van der Waals surface area contributed by atoms with Crippen LogP contribution in [0.4, 0.5) is 11.5 Å². The van der Waals surface area contributed by atoms with Gasteiger partial charge in [0.2, 0.25) is 0 Å². The molecule has 1 atom stereocenters. The molecular formula is C14H22N4O3. The van der Waals surface area contributed by atoms with Gasteiger partial charge in [-0.05, 0) is 12.0 Å². The Hall–Kier alpha value is -1.73. The number of hydrogen-bond donors (Lipinski definition) is 1. The van der Waals surface area contributed by atoms with Crippen LogP contribution in [0.3, 0.4) is 0 Å². The standard InChI is InChI=1S/C14H22N4O3/c1-11(2)13(17-5-7-21-8-6-17)10-16-14-4-3-12(9-15-14)18(19)20/h3-4,9,11,13H,5-8,10H2,1-2H3,(H,15,16)/t13-/m0/s1. The minimum absolute atomic E-state index is 0.00846. The van der Waals surface area contributed by atoms with E-state index in [0.29, 0.717) is 17.8 Å². The number of anilines is 1. The normalized spacial score (nSPS) is 17.7. The maximum absolute atomic E-state index is 10.6. The third-order valence-electron chi connectivity index (χ3n) is 3.74. The molecule has 1 N–H and O–H groups in total. The highest BCUT2D eigenvalue weighted by Crippen LogP contribution is 2.15. The first kappa shape index (κ1) is 15.7. The van der Waals surface area contributed by atoms with E-state index in [-0.39, 0.29) is 5.69 Å². The summed E-state index contributed by atoms with van der Waals surface area (Å²) in [5, 5.41) is 13.9. The number of rotatable bonds is 6. The summed E-state index contributed by atoms with van der Waals surface area (Å²) >= 11 is 0. The fourth-order valence-corrected chi connectivity index (χ4v) is 2.50. The van der Waals surface area contributed by atoms with Crippen LogP contribution < -0.4 is 5.32 Å². The van der Waals surface area contributed by atoms with Crippen molar-refractivity contribution in [3.63, 3.8) is 0 Å². The van der Waals surface area contributed by atoms with Gasteiger partial charge in [-0.25, -0.2) is 4.98 Å². The predicted molar refractivity (Wildman–Crippen MR) is 80.4 cm³/mol. The van der Waals surface area contributed by atoms with E-state index < -0.39 is 4.92 Å². The van der Waals surface area contributed by atoms with Gasteiger partial charge in [-0.3, -0.25) is 15.0 Å². The molecule has 116 valence electrons. The second-order valence-electron chi connectivity index (χ2n) is 5.50. The van der Waals surface area contributed by atoms with Gasteiger partial charge in [-0.2, -0.15) is 0 Å². The van der Waals surface area contributed by atoms with Crippen LogP contribution in [0.5, 0.6) is 0 Å². The fourth-order valence-electron chi connectivity index (χ4n) is 2.50. The Kier molecular flexibility index (Phi) is 5.46. The van der Waals surface area contributed by atoms with Crippen molar-refractivity contribution < 1.29 is 9.66 Å². The van der Waals surface area contributed by atoms with Gasteiger partial charge in [-0.1, -0.05) is 13.8 Å². The molecule has 1 aromatic rings. The molecule has 2 rings (SSSR count). The molecule has 0 radical (unpaired) electrons. The lowest BCUT2D eigenvalue weighted by Gasteiger charge is -2.37. The number of nitrogens with one attached hydrogen (secondary N) is 1. The lowest BCUT2D eigenvalue weighted by molar-refractivity contribution is -0.385. The maximum Gasteiger partial charge on any atom is 0.287 e. The molecule has 0 bridgehead atoms. The van der Waals surface area contributed by atoms with E-state index in [9.17, 15) is 10.1 Å². The summed E-state index contributed by atoms with van der Waals surface area (Å²) in [7, 11) is 0. The molecule has 2 heterocycles. The van der Waals surface area contributed by atoms with Gasteiger partial charge in [0, 0.05) is 31.7 Å². The summed E-state index contributed by atoms with van der Waals surface area (Å²) in [4.78, 5) is 16.7. The monoisotopic (exact) mass is 294 g/mol. The molecule has 21 heavy (non-hydrogen) atoms. The van der Waals surface area contributed by atoms with Crippen LogP contribution in [0, 0.1) is 16.0 Å². The Morgan fingerprint density at radius 1 is 1.43 bits per heavy atom. The van der Waals surface area contributed by atoms with Crippen LogP contribution in [0.25, 0.3) is 0 Å². The maximum atomic E-state index is 10.6. The van der Waals surface area contributed by atoms with Crippen molar-refractivity contribution in [2.75, 3.05) is 38.2 Å². The molecule has 1 aliphatic rings. The van der Waals surface area contributed by atoms with Crippen LogP contribution in [0.1, 0.15) is 13.8 Å². The molecule has 0 aliphatic carbocycles. The highest BCUT2D eigenvalue weighted by molar-refractivity contribution is 5.40. The highest BCUT2D eigenvalue weighted by atomic mass is 16.6. The Labute approximate surface area is 124 Å². The van der Waals surface area contributed by atoms with Gasteiger partial charge >= 0.3 is 0 Å². The first-order valence-corrected chi connectivity index (χ1v) is 7.24. The summed E-state index contributed by atoms with van der Waals surface area (Å²) in [5.74, 6) is 1.17. The minimum atomic E-state index is -0.443. The van der Waals surface area contributed by atoms with Crippen LogP contribution in [0.2, 0.25) is 0 Å². The number of morpholine rings is 1. The summed E-state index contributed by atoms with van der Waals surface area (Å²) in [6.45, 7) is 8.60. The van der Waals surface area contributed by atoms with Crippen LogP contribution >= 0.6 is 0 Å². The molecule has 0 unspecified atom stereocenters. The molecule has 1 fully saturated rings. The van der Waals surface area contributed by atoms with E-state index in [1.165, 1.54) is 12.3 Å². The second kappa shape index (κ2) is 7.33. The van der Waals surface area contributed by atoms with Crippen molar-refractivity contribution in [2.45, 2.75) is 19.9 Å². The first-order valence-electron chi connectivity index (χ1n) is 7.24. The summed E-state index contributed by atoms with van der Waals surface area (Å²) in [6, 6.07) is 3.51. The van der Waals surface area contributed by atoms with E-state index in [0.717, 1.165) is 32.8 Å². The lowest BCUT2D eigenvalue weighted by atomic mass is 10.0. The van der Waals surface area contributed by atoms with Crippen LogP contribution in [-0.2, 0) is 4.74 Å². The van der Waals surface area contributed by atoms with Crippen molar-refractivity contribution >= 4 is 11.5 Å². The first-order chi connectivity index (χ1) is 10.1. The van der Waals surface area contributed by atoms with Crippen LogP contribution in [-0.4, -0.2) is 53.7 Å². The van der Waals surface area contributed by atoms with E-state index in [2.05, 4.69) is 29.0 Å². The zero-order valence-electron chi connectivity index (χ0n) is 12.5. The zero-order valence-corrected chi connectivity index (χ0v) is 12.5. The lowest BCUT2D eigenvalue weighted by Crippen LogP contribution is -2.49. The van der Waals surface area contributed by atoms with E-state index in [1.807, 2.05) is 0 Å². The molecule has 1 aromatic heterocycles. The number of hydrogen-bond acceptors (Lipinski definition) is 6. The zero-order chi connectivity index (χ0) is 15.2. The third-order valence-corrected chi connectivity index (χ3v) is 3.74. The fraction of sp³-hybridized carbons (Fsp3) is 0.643. The third kappa shape index (κ3) is 4.37. The summed E-state index contributed by atoms with van der Waals surface area (Å²) < 4.78 is 5.39. The Morgan fingerprint density at radius 3 is 2.67 bits per heavy atom. The Balaban J connectivity index is 1.93. The van der Waals surface area contributed by atoms with Gasteiger partial charge < -0.3 is 10.1 Å². The predicted octanol–water partition coefficient (Wildman–Crippen LogP) is 1.76. The Bertz CT molecular complexity index is 458. The van der Waals surface area contributed by atoms with Crippen molar-refractivity contribution in [3.8, 4) is 0 Å². The smallest absolute Gasteiger partial charge is 0.287 e. The van der Waals surface area contributed by atoms with Crippen LogP contribution in [0.15, 0.2) is 18.3 Å². The average molecular weight is 294 g/mol. The molecule has 7 heteroatoms.